The first-order valence-electron chi connectivity index (χ1n) is 4.72. The molecule has 2 rings (SSSR count). The Labute approximate surface area is 97.4 Å². The third-order valence-corrected chi connectivity index (χ3v) is 3.58. The average molecular weight is 251 g/mol. The van der Waals surface area contributed by atoms with Crippen molar-refractivity contribution < 1.29 is 13.2 Å². The Morgan fingerprint density at radius 1 is 1.24 bits per heavy atom. The van der Waals surface area contributed by atoms with Crippen molar-refractivity contribution in [3.05, 3.63) is 30.5 Å². The first kappa shape index (κ1) is 11.5. The van der Waals surface area contributed by atoms with Gasteiger partial charge in [-0.15, -0.1) is 0 Å². The van der Waals surface area contributed by atoms with Gasteiger partial charge >= 0.3 is 0 Å². The molecule has 1 heterocycles. The molecule has 0 saturated carbocycles. The van der Waals surface area contributed by atoms with Crippen LogP contribution in [0.3, 0.4) is 0 Å². The van der Waals surface area contributed by atoms with Crippen LogP contribution in [0.5, 0.6) is 0 Å². The van der Waals surface area contributed by atoms with Gasteiger partial charge in [-0.3, -0.25) is 9.78 Å². The maximum Gasteiger partial charge on any atom is 0.233 e. The second-order valence-corrected chi connectivity index (χ2v) is 5.36. The predicted octanol–water partition coefficient (Wildman–Crippen LogP) is -0.111. The number of para-hydroxylation sites is 2. The maximum atomic E-state index is 11.7. The summed E-state index contributed by atoms with van der Waals surface area (Å²) in [6.07, 6.45) is 1.13. The molecule has 17 heavy (non-hydrogen) atoms. The van der Waals surface area contributed by atoms with E-state index in [0.717, 1.165) is 6.20 Å². The minimum absolute atomic E-state index is 0.241. The third kappa shape index (κ3) is 2.39. The fourth-order valence-electron chi connectivity index (χ4n) is 1.35. The lowest BCUT2D eigenvalue weighted by atomic mass is 10.3. The Bertz CT molecular complexity index is 682. The van der Waals surface area contributed by atoms with E-state index in [4.69, 9.17) is 5.73 Å². The molecule has 1 aromatic heterocycles. The molecule has 0 bridgehead atoms. The fraction of sp³-hybridized carbons (Fsp3) is 0.100. The number of nitrogens with two attached hydrogens (primary N) is 1. The standard InChI is InChI=1S/C10H9N3O3S/c11-9(14)6-17(15,16)10-5-12-7-3-1-2-4-8(7)13-10/h1-5H,6H2,(H2,11,14). The van der Waals surface area contributed by atoms with E-state index in [-0.39, 0.29) is 5.03 Å². The Kier molecular flexibility index (Phi) is 2.76. The van der Waals surface area contributed by atoms with Gasteiger partial charge in [-0.2, -0.15) is 0 Å². The van der Waals surface area contributed by atoms with E-state index in [0.29, 0.717) is 11.0 Å². The summed E-state index contributed by atoms with van der Waals surface area (Å²) in [5.41, 5.74) is 5.91. The zero-order chi connectivity index (χ0) is 12.5. The molecule has 0 radical (unpaired) electrons. The molecule has 0 spiro atoms. The summed E-state index contributed by atoms with van der Waals surface area (Å²) in [4.78, 5) is 18.5. The van der Waals surface area contributed by atoms with Crippen LogP contribution in [0.2, 0.25) is 0 Å². The lowest BCUT2D eigenvalue weighted by Crippen LogP contribution is -2.23. The largest absolute Gasteiger partial charge is 0.369 e. The number of rotatable bonds is 3. The number of aromatic nitrogens is 2. The normalized spacial score (nSPS) is 11.5. The number of carbonyl (C=O) groups excluding carboxylic acids is 1. The molecule has 7 heteroatoms. The van der Waals surface area contributed by atoms with Gasteiger partial charge in [-0.1, -0.05) is 12.1 Å². The molecule has 0 fully saturated rings. The van der Waals surface area contributed by atoms with Crippen LogP contribution in [0.1, 0.15) is 0 Å². The van der Waals surface area contributed by atoms with Crippen molar-refractivity contribution in [1.82, 2.24) is 9.97 Å². The van der Waals surface area contributed by atoms with Crippen molar-refractivity contribution in [3.8, 4) is 0 Å². The number of benzene rings is 1. The van der Waals surface area contributed by atoms with Crippen LogP contribution in [-0.4, -0.2) is 30.0 Å². The Morgan fingerprint density at radius 2 is 1.88 bits per heavy atom. The van der Waals surface area contributed by atoms with Crippen LogP contribution in [0, 0.1) is 0 Å². The third-order valence-electron chi connectivity index (χ3n) is 2.08. The summed E-state index contributed by atoms with van der Waals surface area (Å²) in [6.45, 7) is 0. The summed E-state index contributed by atoms with van der Waals surface area (Å²) in [5, 5.41) is -0.241. The maximum absolute atomic E-state index is 11.7. The number of hydrogen-bond acceptors (Lipinski definition) is 5. The van der Waals surface area contributed by atoms with Crippen molar-refractivity contribution in [2.24, 2.45) is 5.73 Å². The van der Waals surface area contributed by atoms with Crippen molar-refractivity contribution in [1.29, 1.82) is 0 Å². The zero-order valence-electron chi connectivity index (χ0n) is 8.70. The number of hydrogen-bond donors (Lipinski definition) is 1. The van der Waals surface area contributed by atoms with E-state index in [2.05, 4.69) is 9.97 Å². The number of carbonyl (C=O) groups is 1. The second kappa shape index (κ2) is 4.10. The first-order valence-corrected chi connectivity index (χ1v) is 6.37. The molecule has 0 saturated heterocycles. The minimum atomic E-state index is -3.80. The van der Waals surface area contributed by atoms with Crippen LogP contribution in [0.4, 0.5) is 0 Å². The van der Waals surface area contributed by atoms with Crippen LogP contribution in [-0.2, 0) is 14.6 Å². The highest BCUT2D eigenvalue weighted by molar-refractivity contribution is 7.92. The SMILES string of the molecule is NC(=O)CS(=O)(=O)c1cnc2ccccc2n1. The zero-order valence-corrected chi connectivity index (χ0v) is 9.52. The minimum Gasteiger partial charge on any atom is -0.369 e. The Morgan fingerprint density at radius 3 is 2.53 bits per heavy atom. The fourth-order valence-corrected chi connectivity index (χ4v) is 2.32. The number of sulfone groups is 1. The van der Waals surface area contributed by atoms with Crippen molar-refractivity contribution in [2.45, 2.75) is 5.03 Å². The van der Waals surface area contributed by atoms with Crippen LogP contribution >= 0.6 is 0 Å². The van der Waals surface area contributed by atoms with E-state index >= 15 is 0 Å². The number of primary amides is 1. The van der Waals surface area contributed by atoms with E-state index in [1.165, 1.54) is 0 Å². The topological polar surface area (TPSA) is 103 Å². The molecular formula is C10H9N3O3S. The van der Waals surface area contributed by atoms with Crippen LogP contribution < -0.4 is 5.73 Å². The van der Waals surface area contributed by atoms with Gasteiger partial charge in [0.15, 0.2) is 5.03 Å². The van der Waals surface area contributed by atoms with Crippen LogP contribution in [0.15, 0.2) is 35.5 Å². The van der Waals surface area contributed by atoms with Gasteiger partial charge in [-0.25, -0.2) is 13.4 Å². The molecule has 1 amide bonds. The Hall–Kier alpha value is -2.02. The Balaban J connectivity index is 2.53. The summed E-state index contributed by atoms with van der Waals surface area (Å²) >= 11 is 0. The highest BCUT2D eigenvalue weighted by Gasteiger charge is 2.19. The highest BCUT2D eigenvalue weighted by atomic mass is 32.2. The number of fused-ring (bicyclic) bond motifs is 1. The summed E-state index contributed by atoms with van der Waals surface area (Å²) in [6, 6.07) is 6.86. The lowest BCUT2D eigenvalue weighted by Gasteiger charge is -2.02. The summed E-state index contributed by atoms with van der Waals surface area (Å²) in [5.74, 6) is -1.68. The quantitative estimate of drug-likeness (QED) is 0.819. The molecule has 0 aliphatic rings. The lowest BCUT2D eigenvalue weighted by molar-refractivity contribution is -0.115. The van der Waals surface area contributed by atoms with Gasteiger partial charge in [0.25, 0.3) is 0 Å². The summed E-state index contributed by atoms with van der Waals surface area (Å²) in [7, 11) is -3.80. The number of nitrogens with zero attached hydrogens (tertiary/aromatic N) is 2. The van der Waals surface area contributed by atoms with Crippen LogP contribution in [0.25, 0.3) is 11.0 Å². The first-order chi connectivity index (χ1) is 7.99. The molecule has 0 atom stereocenters. The van der Waals surface area contributed by atoms with Gasteiger partial charge < -0.3 is 5.73 Å². The van der Waals surface area contributed by atoms with Crippen molar-refractivity contribution in [3.63, 3.8) is 0 Å². The number of amides is 1. The van der Waals surface area contributed by atoms with Gasteiger partial charge in [0.1, 0.15) is 5.75 Å². The van der Waals surface area contributed by atoms with Gasteiger partial charge in [-0.05, 0) is 12.1 Å². The molecular weight excluding hydrogens is 242 g/mol. The smallest absolute Gasteiger partial charge is 0.233 e. The van der Waals surface area contributed by atoms with Gasteiger partial charge in [0.2, 0.25) is 15.7 Å². The molecule has 2 N–H and O–H groups in total. The van der Waals surface area contributed by atoms with Crippen molar-refractivity contribution in [2.75, 3.05) is 5.75 Å². The molecule has 2 aromatic rings. The van der Waals surface area contributed by atoms with E-state index in [1.54, 1.807) is 24.3 Å². The molecule has 6 nitrogen and oxygen atoms in total. The monoisotopic (exact) mass is 251 g/mol. The van der Waals surface area contributed by atoms with Gasteiger partial charge in [0.05, 0.1) is 17.2 Å². The highest BCUT2D eigenvalue weighted by Crippen LogP contribution is 2.12. The van der Waals surface area contributed by atoms with Crippen molar-refractivity contribution >= 4 is 26.8 Å². The predicted molar refractivity (Wildman–Crippen MR) is 60.8 cm³/mol. The van der Waals surface area contributed by atoms with E-state index in [1.807, 2.05) is 0 Å². The van der Waals surface area contributed by atoms with Gasteiger partial charge in [0, 0.05) is 0 Å². The van der Waals surface area contributed by atoms with E-state index < -0.39 is 21.5 Å². The molecule has 0 aliphatic heterocycles. The van der Waals surface area contributed by atoms with E-state index in [9.17, 15) is 13.2 Å². The molecule has 0 unspecified atom stereocenters. The summed E-state index contributed by atoms with van der Waals surface area (Å²) < 4.78 is 23.4. The molecule has 1 aromatic carbocycles. The molecule has 0 aliphatic carbocycles. The average Bonchev–Trinajstić information content (AvgIpc) is 2.26. The molecule has 88 valence electrons. The second-order valence-electron chi connectivity index (χ2n) is 3.42.